The first kappa shape index (κ1) is 8.59. The fraction of sp³-hybridized carbons (Fsp3) is 0.250. The van der Waals surface area contributed by atoms with Crippen molar-refractivity contribution in [2.45, 2.75) is 5.44 Å². The monoisotopic (exact) mass is 170 g/mol. The largest absolute Gasteiger partial charge is 0.371 e. The van der Waals surface area contributed by atoms with Crippen LogP contribution in [-0.4, -0.2) is 11.9 Å². The van der Waals surface area contributed by atoms with E-state index in [1.54, 1.807) is 0 Å². The molecule has 60 valence electrons. The molecule has 0 fully saturated rings. The van der Waals surface area contributed by atoms with Crippen LogP contribution in [0.25, 0.3) is 0 Å². The quantitative estimate of drug-likeness (QED) is 0.533. The molecular formula is C8H10O2S. The van der Waals surface area contributed by atoms with Crippen molar-refractivity contribution in [3.63, 3.8) is 0 Å². The van der Waals surface area contributed by atoms with E-state index in [9.17, 15) is 0 Å². The van der Waals surface area contributed by atoms with E-state index in [0.717, 1.165) is 5.56 Å². The van der Waals surface area contributed by atoms with E-state index in [0.29, 0.717) is 0 Å². The minimum absolute atomic E-state index is 0.303. The summed E-state index contributed by atoms with van der Waals surface area (Å²) in [6.45, 7) is -0.303. The number of aliphatic hydroxyl groups excluding tert-OH is 1. The number of benzene rings is 1. The molecule has 1 N–H and O–H groups in total. The number of rotatable bonds is 3. The van der Waals surface area contributed by atoms with Crippen LogP contribution in [0.4, 0.5) is 0 Å². The lowest BCUT2D eigenvalue weighted by atomic mass is 10.2. The van der Waals surface area contributed by atoms with Crippen LogP contribution < -0.4 is 0 Å². The maximum atomic E-state index is 8.43. The number of aliphatic hydroxyl groups is 1. The molecule has 0 aliphatic heterocycles. The zero-order valence-corrected chi connectivity index (χ0v) is 6.87. The van der Waals surface area contributed by atoms with E-state index in [2.05, 4.69) is 12.6 Å². The van der Waals surface area contributed by atoms with Gasteiger partial charge in [-0.05, 0) is 5.56 Å². The first-order valence-electron chi connectivity index (χ1n) is 3.30. The Hall–Kier alpha value is -0.510. The molecule has 1 aromatic carbocycles. The average Bonchev–Trinajstić information content (AvgIpc) is 2.07. The molecule has 1 atom stereocenters. The van der Waals surface area contributed by atoms with Crippen LogP contribution in [0.3, 0.4) is 0 Å². The molecular weight excluding hydrogens is 160 g/mol. The normalized spacial score (nSPS) is 12.9. The zero-order chi connectivity index (χ0) is 8.10. The summed E-state index contributed by atoms with van der Waals surface area (Å²) in [5, 5.41) is 8.43. The molecule has 11 heavy (non-hydrogen) atoms. The molecule has 0 spiro atoms. The lowest BCUT2D eigenvalue weighted by Crippen LogP contribution is -1.97. The smallest absolute Gasteiger partial charge is 0.145 e. The molecule has 0 bridgehead atoms. The van der Waals surface area contributed by atoms with Gasteiger partial charge in [0.25, 0.3) is 0 Å². The summed E-state index contributed by atoms with van der Waals surface area (Å²) in [6, 6.07) is 9.52. The summed E-state index contributed by atoms with van der Waals surface area (Å²) >= 11 is 4.12. The molecule has 0 saturated carbocycles. The van der Waals surface area contributed by atoms with Gasteiger partial charge in [0.05, 0.1) is 0 Å². The molecule has 0 heterocycles. The highest BCUT2D eigenvalue weighted by Crippen LogP contribution is 2.19. The van der Waals surface area contributed by atoms with Crippen LogP contribution in [0, 0.1) is 0 Å². The van der Waals surface area contributed by atoms with Gasteiger partial charge in [0.2, 0.25) is 0 Å². The van der Waals surface area contributed by atoms with Gasteiger partial charge in [-0.25, -0.2) is 0 Å². The van der Waals surface area contributed by atoms with Gasteiger partial charge in [0, 0.05) is 0 Å². The van der Waals surface area contributed by atoms with Crippen molar-refractivity contribution < 1.29 is 9.84 Å². The van der Waals surface area contributed by atoms with E-state index in [-0.39, 0.29) is 12.2 Å². The summed E-state index contributed by atoms with van der Waals surface area (Å²) in [5.41, 5.74) is 0.617. The Kier molecular flexibility index (Phi) is 3.42. The Morgan fingerprint density at radius 1 is 1.36 bits per heavy atom. The lowest BCUT2D eigenvalue weighted by Gasteiger charge is -2.09. The molecule has 1 aromatic rings. The Balaban J connectivity index is 2.61. The van der Waals surface area contributed by atoms with Gasteiger partial charge < -0.3 is 9.84 Å². The third kappa shape index (κ3) is 2.54. The molecule has 1 rings (SSSR count). The summed E-state index contributed by atoms with van der Waals surface area (Å²) in [4.78, 5) is 0. The van der Waals surface area contributed by atoms with E-state index in [1.807, 2.05) is 30.3 Å². The highest BCUT2D eigenvalue weighted by Gasteiger charge is 2.03. The first-order chi connectivity index (χ1) is 5.34. The number of ether oxygens (including phenoxy) is 1. The zero-order valence-electron chi connectivity index (χ0n) is 5.97. The van der Waals surface area contributed by atoms with Crippen molar-refractivity contribution in [2.75, 3.05) is 6.79 Å². The Labute approximate surface area is 71.2 Å². The number of hydrogen-bond acceptors (Lipinski definition) is 3. The van der Waals surface area contributed by atoms with Crippen molar-refractivity contribution in [1.29, 1.82) is 0 Å². The topological polar surface area (TPSA) is 29.5 Å². The van der Waals surface area contributed by atoms with Crippen molar-refractivity contribution >= 4 is 12.6 Å². The van der Waals surface area contributed by atoms with E-state index in [4.69, 9.17) is 9.84 Å². The molecule has 0 aromatic heterocycles. The fourth-order valence-electron chi connectivity index (χ4n) is 0.784. The van der Waals surface area contributed by atoms with Crippen molar-refractivity contribution in [2.24, 2.45) is 0 Å². The van der Waals surface area contributed by atoms with Crippen LogP contribution in [0.2, 0.25) is 0 Å². The van der Waals surface area contributed by atoms with Gasteiger partial charge >= 0.3 is 0 Å². The third-order valence-electron chi connectivity index (χ3n) is 1.32. The van der Waals surface area contributed by atoms with Gasteiger partial charge in [-0.15, -0.1) is 12.6 Å². The van der Waals surface area contributed by atoms with Crippen molar-refractivity contribution in [3.8, 4) is 0 Å². The van der Waals surface area contributed by atoms with Gasteiger partial charge in [-0.3, -0.25) is 0 Å². The average molecular weight is 170 g/mol. The molecule has 0 aliphatic carbocycles. The second kappa shape index (κ2) is 4.38. The van der Waals surface area contributed by atoms with E-state index in [1.165, 1.54) is 0 Å². The standard InChI is InChI=1S/C8H10O2S/c9-6-10-8(11)7-4-2-1-3-5-7/h1-5,8-9,11H,6H2. The van der Waals surface area contributed by atoms with Crippen LogP contribution in [0.5, 0.6) is 0 Å². The van der Waals surface area contributed by atoms with E-state index >= 15 is 0 Å². The fourth-order valence-corrected chi connectivity index (χ4v) is 1.02. The predicted molar refractivity (Wildman–Crippen MR) is 46.3 cm³/mol. The van der Waals surface area contributed by atoms with Crippen LogP contribution in [-0.2, 0) is 4.74 Å². The second-order valence-corrected chi connectivity index (χ2v) is 2.53. The second-order valence-electron chi connectivity index (χ2n) is 2.06. The summed E-state index contributed by atoms with van der Waals surface area (Å²) < 4.78 is 4.85. The summed E-state index contributed by atoms with van der Waals surface area (Å²) in [5.74, 6) is 0. The van der Waals surface area contributed by atoms with Gasteiger partial charge in [-0.2, -0.15) is 0 Å². The molecule has 0 amide bonds. The van der Waals surface area contributed by atoms with Gasteiger partial charge in [0.15, 0.2) is 0 Å². The maximum Gasteiger partial charge on any atom is 0.145 e. The molecule has 2 nitrogen and oxygen atoms in total. The summed E-state index contributed by atoms with van der Waals surface area (Å²) in [6.07, 6.45) is 0. The maximum absolute atomic E-state index is 8.43. The molecule has 3 heteroatoms. The first-order valence-corrected chi connectivity index (χ1v) is 3.81. The molecule has 0 aliphatic rings. The minimum Gasteiger partial charge on any atom is -0.371 e. The van der Waals surface area contributed by atoms with Gasteiger partial charge in [-0.1, -0.05) is 30.3 Å². The highest BCUT2D eigenvalue weighted by molar-refractivity contribution is 7.80. The Morgan fingerprint density at radius 3 is 2.55 bits per heavy atom. The number of thiol groups is 1. The van der Waals surface area contributed by atoms with Crippen LogP contribution in [0.1, 0.15) is 11.0 Å². The summed E-state index contributed by atoms with van der Waals surface area (Å²) in [7, 11) is 0. The number of hydrogen-bond donors (Lipinski definition) is 2. The highest BCUT2D eigenvalue weighted by atomic mass is 32.1. The van der Waals surface area contributed by atoms with Crippen LogP contribution in [0.15, 0.2) is 30.3 Å². The van der Waals surface area contributed by atoms with Gasteiger partial charge in [0.1, 0.15) is 12.2 Å². The third-order valence-corrected chi connectivity index (χ3v) is 1.76. The predicted octanol–water partition coefficient (Wildman–Crippen LogP) is 1.58. The lowest BCUT2D eigenvalue weighted by molar-refractivity contribution is -0.0147. The SMILES string of the molecule is OCOC(S)c1ccccc1. The Bertz CT molecular complexity index is 201. The van der Waals surface area contributed by atoms with Crippen LogP contribution >= 0.6 is 12.6 Å². The minimum atomic E-state index is -0.332. The van der Waals surface area contributed by atoms with E-state index < -0.39 is 0 Å². The molecule has 0 saturated heterocycles. The molecule has 0 radical (unpaired) electrons. The Morgan fingerprint density at radius 2 is 2.00 bits per heavy atom. The molecule has 1 unspecified atom stereocenters. The van der Waals surface area contributed by atoms with Crippen molar-refractivity contribution in [1.82, 2.24) is 0 Å². The van der Waals surface area contributed by atoms with Crippen molar-refractivity contribution in [3.05, 3.63) is 35.9 Å².